The van der Waals surface area contributed by atoms with Gasteiger partial charge < -0.3 is 25.0 Å². The predicted octanol–water partition coefficient (Wildman–Crippen LogP) is 5.18. The number of thioether (sulfide) groups is 1. The van der Waals surface area contributed by atoms with Crippen LogP contribution in [0.5, 0.6) is 0 Å². The maximum absolute atomic E-state index is 13.9. The summed E-state index contributed by atoms with van der Waals surface area (Å²) in [6.45, 7) is 1.89. The third kappa shape index (κ3) is 6.22. The lowest BCUT2D eigenvalue weighted by molar-refractivity contribution is -0.165. The minimum absolute atomic E-state index is 0.100. The topological polar surface area (TPSA) is 97.0 Å². The molecule has 2 aliphatic heterocycles. The van der Waals surface area contributed by atoms with Crippen LogP contribution in [0.1, 0.15) is 34.3 Å². The summed E-state index contributed by atoms with van der Waals surface area (Å²) in [6, 6.07) is 21.3. The summed E-state index contributed by atoms with van der Waals surface area (Å²) in [5.74, 6) is -0.132. The van der Waals surface area contributed by atoms with Gasteiger partial charge in [-0.15, -0.1) is 11.8 Å². The molecule has 3 amide bonds. The molecule has 0 bridgehead atoms. The molecule has 3 aliphatic rings. The van der Waals surface area contributed by atoms with Crippen molar-refractivity contribution in [2.75, 3.05) is 23.9 Å². The van der Waals surface area contributed by atoms with E-state index in [2.05, 4.69) is 10.6 Å². The van der Waals surface area contributed by atoms with Gasteiger partial charge in [0.05, 0.1) is 25.4 Å². The number of alkyl carbamates (subject to hydrolysis) is 1. The molecule has 0 radical (unpaired) electrons. The number of carbonyl (C=O) groups is 3. The smallest absolute Gasteiger partial charge is 0.408 e. The van der Waals surface area contributed by atoms with E-state index in [0.29, 0.717) is 22.0 Å². The number of halogens is 1. The third-order valence-electron chi connectivity index (χ3n) is 7.75. The summed E-state index contributed by atoms with van der Waals surface area (Å²) < 4.78 is 10.7. The summed E-state index contributed by atoms with van der Waals surface area (Å²) in [4.78, 5) is 42.3. The molecule has 1 saturated heterocycles. The highest BCUT2D eigenvalue weighted by Crippen LogP contribution is 2.47. The number of benzene rings is 3. The molecule has 1 aliphatic carbocycles. The molecular weight excluding hydrogens is 562 g/mol. The van der Waals surface area contributed by atoms with E-state index >= 15 is 0 Å². The Bertz CT molecular complexity index is 1440. The highest BCUT2D eigenvalue weighted by atomic mass is 35.5. The van der Waals surface area contributed by atoms with Gasteiger partial charge in [-0.1, -0.05) is 54.1 Å². The Morgan fingerprint density at radius 1 is 1.00 bits per heavy atom. The average molecular weight is 592 g/mol. The van der Waals surface area contributed by atoms with Crippen molar-refractivity contribution >= 4 is 47.0 Å². The summed E-state index contributed by atoms with van der Waals surface area (Å²) >= 11 is 7.55. The lowest BCUT2D eigenvalue weighted by Crippen LogP contribution is -2.59. The largest absolute Gasteiger partial charge is 0.445 e. The van der Waals surface area contributed by atoms with Crippen LogP contribution in [0.4, 0.5) is 10.5 Å². The lowest BCUT2D eigenvalue weighted by atomic mass is 9.64. The van der Waals surface area contributed by atoms with Crippen LogP contribution in [-0.2, 0) is 27.4 Å². The van der Waals surface area contributed by atoms with E-state index in [9.17, 15) is 14.4 Å². The van der Waals surface area contributed by atoms with Gasteiger partial charge in [-0.3, -0.25) is 9.59 Å². The Hall–Kier alpha value is -3.53. The van der Waals surface area contributed by atoms with Crippen molar-refractivity contribution in [3.63, 3.8) is 0 Å². The van der Waals surface area contributed by atoms with Crippen LogP contribution < -0.4 is 15.5 Å². The minimum atomic E-state index is -0.823. The number of nitrogens with one attached hydrogen (secondary N) is 2. The van der Waals surface area contributed by atoms with Crippen LogP contribution in [-0.4, -0.2) is 49.0 Å². The van der Waals surface area contributed by atoms with Crippen molar-refractivity contribution in [3.05, 3.63) is 94.5 Å². The zero-order valence-corrected chi connectivity index (χ0v) is 23.9. The lowest BCUT2D eigenvalue weighted by Gasteiger charge is -2.53. The average Bonchev–Trinajstić information content (AvgIpc) is 3.06. The van der Waals surface area contributed by atoms with Gasteiger partial charge in [0, 0.05) is 32.7 Å². The first-order chi connectivity index (χ1) is 19.9. The number of fused-ring (bicyclic) bond motifs is 1. The van der Waals surface area contributed by atoms with Crippen LogP contribution >= 0.6 is 23.4 Å². The third-order valence-corrected chi connectivity index (χ3v) is 9.16. The van der Waals surface area contributed by atoms with Crippen molar-refractivity contribution in [1.29, 1.82) is 0 Å². The molecular formula is C31H30ClN3O5S. The van der Waals surface area contributed by atoms with E-state index in [0.717, 1.165) is 42.1 Å². The molecule has 3 aromatic rings. The van der Waals surface area contributed by atoms with Crippen molar-refractivity contribution < 1.29 is 23.9 Å². The summed E-state index contributed by atoms with van der Waals surface area (Å²) in [5.41, 5.74) is 3.07. The van der Waals surface area contributed by atoms with Crippen LogP contribution in [0, 0.1) is 5.41 Å². The molecule has 212 valence electrons. The standard InChI is InChI=1S/C31H30ClN3O5S/c32-23-9-6-20(7-10-23)15-35-26-12-22(28(36)33-24-13-31(14-24)18-39-19-31)8-11-27(26)41-17-25(29(35)37)34-30(38)40-16-21-4-2-1-3-5-21/h1-12,24-25H,13-19H2,(H,33,36)(H,34,38)/t25-/m0/s1. The second-order valence-electron chi connectivity index (χ2n) is 10.9. The van der Waals surface area contributed by atoms with E-state index in [1.807, 2.05) is 48.5 Å². The Balaban J connectivity index is 1.20. The second kappa shape index (κ2) is 11.8. The molecule has 0 unspecified atom stereocenters. The van der Waals surface area contributed by atoms with Crippen LogP contribution in [0.15, 0.2) is 77.7 Å². The SMILES string of the molecule is O=C(N[C@H]1CSc2ccc(C(=O)NC3CC4(COC4)C3)cc2N(Cc2ccc(Cl)cc2)C1=O)OCc1ccccc1. The molecule has 3 aromatic carbocycles. The van der Waals surface area contributed by atoms with E-state index in [-0.39, 0.29) is 36.4 Å². The van der Waals surface area contributed by atoms with E-state index in [1.54, 1.807) is 29.2 Å². The molecule has 0 aromatic heterocycles. The molecule has 2 heterocycles. The van der Waals surface area contributed by atoms with E-state index in [4.69, 9.17) is 21.1 Å². The first-order valence-corrected chi connectivity index (χ1v) is 14.9. The number of carbonyl (C=O) groups excluding carboxylic acids is 3. The first kappa shape index (κ1) is 27.6. The number of amides is 3. The van der Waals surface area contributed by atoms with Gasteiger partial charge >= 0.3 is 6.09 Å². The van der Waals surface area contributed by atoms with Crippen molar-refractivity contribution in [1.82, 2.24) is 10.6 Å². The quantitative estimate of drug-likeness (QED) is 0.393. The predicted molar refractivity (Wildman–Crippen MR) is 157 cm³/mol. The number of hydrogen-bond acceptors (Lipinski definition) is 6. The Kier molecular flexibility index (Phi) is 7.92. The van der Waals surface area contributed by atoms with Gasteiger partial charge in [-0.2, -0.15) is 0 Å². The van der Waals surface area contributed by atoms with E-state index < -0.39 is 12.1 Å². The number of anilines is 1. The Morgan fingerprint density at radius 3 is 2.46 bits per heavy atom. The van der Waals surface area contributed by atoms with Crippen LogP contribution in [0.25, 0.3) is 0 Å². The second-order valence-corrected chi connectivity index (χ2v) is 12.4. The normalized spacial score (nSPS) is 19.4. The van der Waals surface area contributed by atoms with Gasteiger partial charge in [0.2, 0.25) is 0 Å². The molecule has 10 heteroatoms. The van der Waals surface area contributed by atoms with Crippen LogP contribution in [0.2, 0.25) is 5.02 Å². The maximum atomic E-state index is 13.9. The Morgan fingerprint density at radius 2 is 1.76 bits per heavy atom. The molecule has 8 nitrogen and oxygen atoms in total. The molecule has 41 heavy (non-hydrogen) atoms. The van der Waals surface area contributed by atoms with Gasteiger partial charge in [0.1, 0.15) is 12.6 Å². The van der Waals surface area contributed by atoms with Crippen molar-refractivity contribution in [2.24, 2.45) is 5.41 Å². The zero-order valence-electron chi connectivity index (χ0n) is 22.3. The number of nitrogens with zero attached hydrogens (tertiary/aromatic N) is 1. The summed E-state index contributed by atoms with van der Waals surface area (Å²) in [7, 11) is 0. The number of rotatable bonds is 7. The van der Waals surface area contributed by atoms with Crippen molar-refractivity contribution in [3.8, 4) is 0 Å². The summed E-state index contributed by atoms with van der Waals surface area (Å²) in [6.07, 6.45) is 1.18. The number of ether oxygens (including phenoxy) is 2. The van der Waals surface area contributed by atoms with Gasteiger partial charge in [-0.25, -0.2) is 4.79 Å². The number of hydrogen-bond donors (Lipinski definition) is 2. The zero-order chi connectivity index (χ0) is 28.4. The Labute approximate surface area is 247 Å². The monoisotopic (exact) mass is 591 g/mol. The van der Waals surface area contributed by atoms with Gasteiger partial charge in [-0.05, 0) is 54.3 Å². The maximum Gasteiger partial charge on any atom is 0.408 e. The fourth-order valence-corrected chi connectivity index (χ4v) is 6.65. The van der Waals surface area contributed by atoms with Gasteiger partial charge in [0.15, 0.2) is 0 Å². The molecule has 2 fully saturated rings. The van der Waals surface area contributed by atoms with Gasteiger partial charge in [0.25, 0.3) is 11.8 Å². The van der Waals surface area contributed by atoms with Crippen LogP contribution in [0.3, 0.4) is 0 Å². The molecule has 1 spiro atoms. The molecule has 2 N–H and O–H groups in total. The van der Waals surface area contributed by atoms with Crippen molar-refractivity contribution in [2.45, 2.75) is 43.0 Å². The molecule has 6 rings (SSSR count). The fourth-order valence-electron chi connectivity index (χ4n) is 5.47. The summed E-state index contributed by atoms with van der Waals surface area (Å²) in [5, 5.41) is 6.48. The highest BCUT2D eigenvalue weighted by molar-refractivity contribution is 7.99. The molecule has 1 atom stereocenters. The minimum Gasteiger partial charge on any atom is -0.445 e. The van der Waals surface area contributed by atoms with E-state index in [1.165, 1.54) is 11.8 Å². The first-order valence-electron chi connectivity index (χ1n) is 13.6. The molecule has 1 saturated carbocycles. The fraction of sp³-hybridized carbons (Fsp3) is 0.323. The highest BCUT2D eigenvalue weighted by Gasteiger charge is 2.50.